The average Bonchev–Trinajstić information content (AvgIpc) is 3.67. The summed E-state index contributed by atoms with van der Waals surface area (Å²) in [6.45, 7) is 3.65. The number of nitrogens with zero attached hydrogens (tertiary/aromatic N) is 5. The first-order chi connectivity index (χ1) is 20.7. The van der Waals surface area contributed by atoms with Crippen molar-refractivity contribution >= 4 is 59.5 Å². The molecule has 45 heavy (non-hydrogen) atoms. The van der Waals surface area contributed by atoms with Crippen LogP contribution in [0.3, 0.4) is 0 Å². The molecule has 242 valence electrons. The number of imidazole rings is 1. The molecule has 6 rings (SSSR count). The maximum absolute atomic E-state index is 12.8. The SMILES string of the molecule is Cl.Cl.FC(F)(F)c1ccc(N2CCN(c3ccc(OC[C@@H]4CO[C@@](Cn5ccnc5)(c5ccc(Cl)cc5Cl)O4)cc3)CC2)nc1. The molecule has 2 atom stereocenters. The van der Waals surface area contributed by atoms with E-state index in [2.05, 4.69) is 14.9 Å². The van der Waals surface area contributed by atoms with Gasteiger partial charge in [0.15, 0.2) is 0 Å². The standard InChI is InChI=1S/C30H28Cl2F3N5O3.2ClH/c31-22-2-7-26(27(32)15-22)29(19-38-10-9-36-20-38)42-18-25(43-29)17-41-24-5-3-23(4-6-24)39-11-13-40(14-12-39)28-8-1-21(16-37-28)30(33,34)35;;/h1-10,15-16,20,25H,11-14,17-19H2;2*1H/t25-,29-;;/m1../s1. The fourth-order valence-corrected chi connectivity index (χ4v) is 5.80. The van der Waals surface area contributed by atoms with Crippen molar-refractivity contribution in [3.05, 3.63) is 101 Å². The first kappa shape index (κ1) is 34.9. The molecular formula is C30H30Cl4F3N5O3. The van der Waals surface area contributed by atoms with Crippen molar-refractivity contribution in [2.24, 2.45) is 0 Å². The molecule has 15 heteroatoms. The number of benzene rings is 2. The van der Waals surface area contributed by atoms with E-state index in [1.54, 1.807) is 24.7 Å². The minimum Gasteiger partial charge on any atom is -0.491 e. The van der Waals surface area contributed by atoms with Crippen molar-refractivity contribution in [3.63, 3.8) is 0 Å². The van der Waals surface area contributed by atoms with Gasteiger partial charge in [0.05, 0.1) is 30.1 Å². The number of pyridine rings is 1. The Morgan fingerprint density at radius 3 is 2.31 bits per heavy atom. The van der Waals surface area contributed by atoms with Crippen LogP contribution in [-0.4, -0.2) is 60.0 Å². The molecule has 0 N–H and O–H groups in total. The number of ether oxygens (including phenoxy) is 3. The molecule has 0 unspecified atom stereocenters. The third-order valence-electron chi connectivity index (χ3n) is 7.47. The maximum atomic E-state index is 12.8. The Morgan fingerprint density at radius 2 is 1.69 bits per heavy atom. The summed E-state index contributed by atoms with van der Waals surface area (Å²) in [5.74, 6) is 0.108. The van der Waals surface area contributed by atoms with Gasteiger partial charge in [0.25, 0.3) is 0 Å². The highest BCUT2D eigenvalue weighted by molar-refractivity contribution is 6.35. The number of anilines is 2. The van der Waals surface area contributed by atoms with Crippen LogP contribution in [0.5, 0.6) is 5.75 Å². The molecule has 0 radical (unpaired) electrons. The number of halogens is 7. The van der Waals surface area contributed by atoms with Crippen LogP contribution in [-0.2, 0) is 28.0 Å². The van der Waals surface area contributed by atoms with Crippen molar-refractivity contribution < 1.29 is 27.4 Å². The zero-order valence-corrected chi connectivity index (χ0v) is 26.8. The number of piperazine rings is 1. The summed E-state index contributed by atoms with van der Waals surface area (Å²) < 4.78 is 59.1. The fourth-order valence-electron chi connectivity index (χ4n) is 5.25. The van der Waals surface area contributed by atoms with Crippen molar-refractivity contribution in [2.45, 2.75) is 24.6 Å². The van der Waals surface area contributed by atoms with Crippen LogP contribution >= 0.6 is 48.0 Å². The van der Waals surface area contributed by atoms with Crippen LogP contribution < -0.4 is 14.5 Å². The van der Waals surface area contributed by atoms with Crippen LogP contribution in [0.2, 0.25) is 10.0 Å². The molecule has 8 nitrogen and oxygen atoms in total. The van der Waals surface area contributed by atoms with Gasteiger partial charge in [-0.1, -0.05) is 29.3 Å². The predicted molar refractivity (Wildman–Crippen MR) is 171 cm³/mol. The minimum atomic E-state index is -4.39. The molecule has 4 aromatic rings. The van der Waals surface area contributed by atoms with Crippen molar-refractivity contribution in [2.75, 3.05) is 49.2 Å². The van der Waals surface area contributed by atoms with Gasteiger partial charge in [-0.2, -0.15) is 13.2 Å². The quantitative estimate of drug-likeness (QED) is 0.193. The highest BCUT2D eigenvalue weighted by Crippen LogP contribution is 2.40. The van der Waals surface area contributed by atoms with E-state index in [1.807, 2.05) is 46.0 Å². The van der Waals surface area contributed by atoms with Crippen LogP contribution in [0.25, 0.3) is 0 Å². The summed E-state index contributed by atoms with van der Waals surface area (Å²) in [6.07, 6.45) is 1.35. The van der Waals surface area contributed by atoms with E-state index >= 15 is 0 Å². The molecule has 2 fully saturated rings. The molecular weight excluding hydrogens is 677 g/mol. The van der Waals surface area contributed by atoms with Crippen molar-refractivity contribution in [3.8, 4) is 5.75 Å². The number of alkyl halides is 3. The Labute approximate surface area is 280 Å². The molecule has 2 aliphatic rings. The molecule has 0 aliphatic carbocycles. The van der Waals surface area contributed by atoms with E-state index in [9.17, 15) is 13.2 Å². The van der Waals surface area contributed by atoms with E-state index in [1.165, 1.54) is 6.07 Å². The molecule has 0 bridgehead atoms. The van der Waals surface area contributed by atoms with Gasteiger partial charge in [-0.25, -0.2) is 9.97 Å². The van der Waals surface area contributed by atoms with Gasteiger partial charge in [-0.05, 0) is 48.5 Å². The lowest BCUT2D eigenvalue weighted by Crippen LogP contribution is -2.46. The van der Waals surface area contributed by atoms with Crippen LogP contribution in [0, 0.1) is 0 Å². The third-order valence-corrected chi connectivity index (χ3v) is 8.02. The number of hydrogen-bond acceptors (Lipinski definition) is 7. The zero-order chi connectivity index (χ0) is 30.0. The zero-order valence-electron chi connectivity index (χ0n) is 23.7. The van der Waals surface area contributed by atoms with E-state index in [0.717, 1.165) is 18.0 Å². The lowest BCUT2D eigenvalue weighted by atomic mass is 10.1. The van der Waals surface area contributed by atoms with E-state index in [-0.39, 0.29) is 37.5 Å². The molecule has 4 heterocycles. The third kappa shape index (κ3) is 8.08. The predicted octanol–water partition coefficient (Wildman–Crippen LogP) is 7.12. The van der Waals surface area contributed by atoms with Crippen LogP contribution in [0.1, 0.15) is 11.1 Å². The summed E-state index contributed by atoms with van der Waals surface area (Å²) >= 11 is 12.7. The summed E-state index contributed by atoms with van der Waals surface area (Å²) in [5.41, 5.74) is 0.960. The Balaban J connectivity index is 0.00000230. The summed E-state index contributed by atoms with van der Waals surface area (Å²) in [7, 11) is 0. The van der Waals surface area contributed by atoms with Gasteiger partial charge in [0.2, 0.25) is 5.79 Å². The second kappa shape index (κ2) is 14.7. The lowest BCUT2D eigenvalue weighted by molar-refractivity contribution is -0.189. The van der Waals surface area contributed by atoms with E-state index in [4.69, 9.17) is 37.4 Å². The lowest BCUT2D eigenvalue weighted by Gasteiger charge is -2.36. The molecule has 0 saturated carbocycles. The van der Waals surface area contributed by atoms with Gasteiger partial charge in [-0.15, -0.1) is 24.8 Å². The molecule has 2 aliphatic heterocycles. The molecule has 2 aromatic carbocycles. The topological polar surface area (TPSA) is 64.9 Å². The second-order valence-corrected chi connectivity index (χ2v) is 11.2. The molecule has 0 amide bonds. The second-order valence-electron chi connectivity index (χ2n) is 10.3. The summed E-state index contributed by atoms with van der Waals surface area (Å²) in [6, 6.07) is 15.5. The Hall–Kier alpha value is -2.93. The van der Waals surface area contributed by atoms with Crippen LogP contribution in [0.4, 0.5) is 24.7 Å². The summed E-state index contributed by atoms with van der Waals surface area (Å²) in [5, 5.41) is 0.965. The van der Waals surface area contributed by atoms with Crippen molar-refractivity contribution in [1.29, 1.82) is 0 Å². The molecule has 2 saturated heterocycles. The van der Waals surface area contributed by atoms with Gasteiger partial charge < -0.3 is 28.6 Å². The summed E-state index contributed by atoms with van der Waals surface area (Å²) in [4.78, 5) is 12.3. The van der Waals surface area contributed by atoms with E-state index < -0.39 is 17.5 Å². The van der Waals surface area contributed by atoms with Gasteiger partial charge >= 0.3 is 6.18 Å². The largest absolute Gasteiger partial charge is 0.491 e. The van der Waals surface area contributed by atoms with Gasteiger partial charge in [-0.3, -0.25) is 0 Å². The van der Waals surface area contributed by atoms with Crippen LogP contribution in [0.15, 0.2) is 79.5 Å². The highest BCUT2D eigenvalue weighted by Gasteiger charge is 2.45. The monoisotopic (exact) mass is 705 g/mol. The smallest absolute Gasteiger partial charge is 0.417 e. The number of hydrogen-bond donors (Lipinski definition) is 0. The Bertz CT molecular complexity index is 1520. The molecule has 2 aromatic heterocycles. The van der Waals surface area contributed by atoms with Crippen molar-refractivity contribution in [1.82, 2.24) is 14.5 Å². The number of rotatable bonds is 8. The van der Waals surface area contributed by atoms with E-state index in [0.29, 0.717) is 66.5 Å². The maximum Gasteiger partial charge on any atom is 0.417 e. The Kier molecular flexibility index (Phi) is 11.4. The highest BCUT2D eigenvalue weighted by atomic mass is 35.5. The first-order valence-electron chi connectivity index (χ1n) is 13.7. The fraction of sp³-hybridized carbons (Fsp3) is 0.333. The van der Waals surface area contributed by atoms with Gasteiger partial charge in [0, 0.05) is 61.0 Å². The Morgan fingerprint density at radius 1 is 0.956 bits per heavy atom. The first-order valence-corrected chi connectivity index (χ1v) is 14.4. The number of aromatic nitrogens is 3. The average molecular weight is 707 g/mol. The molecule has 0 spiro atoms. The minimum absolute atomic E-state index is 0. The normalized spacial score (nSPS) is 20.0. The van der Waals surface area contributed by atoms with Gasteiger partial charge in [0.1, 0.15) is 24.3 Å².